The van der Waals surface area contributed by atoms with Gasteiger partial charge >= 0.3 is 0 Å². The summed E-state index contributed by atoms with van der Waals surface area (Å²) in [7, 11) is 0. The predicted octanol–water partition coefficient (Wildman–Crippen LogP) is 3.36. The van der Waals surface area contributed by atoms with Crippen LogP contribution in [-0.2, 0) is 0 Å². The Morgan fingerprint density at radius 1 is 0.944 bits per heavy atom. The third-order valence-electron chi connectivity index (χ3n) is 2.26. The van der Waals surface area contributed by atoms with Crippen LogP contribution in [0.3, 0.4) is 0 Å². The van der Waals surface area contributed by atoms with Crippen molar-refractivity contribution in [3.8, 4) is 23.6 Å². The number of nitrogens with zero attached hydrogens (tertiary/aromatic N) is 2. The van der Waals surface area contributed by atoms with E-state index in [0.29, 0.717) is 11.3 Å². The number of halogens is 1. The molecule has 0 fully saturated rings. The van der Waals surface area contributed by atoms with Crippen molar-refractivity contribution >= 4 is 0 Å². The first kappa shape index (κ1) is 11.6. The fraction of sp³-hybridized carbons (Fsp3) is 0. The zero-order chi connectivity index (χ0) is 13.0. The lowest BCUT2D eigenvalue weighted by molar-refractivity contribution is 0.476. The van der Waals surface area contributed by atoms with Crippen LogP contribution in [0.15, 0.2) is 42.5 Å². The summed E-state index contributed by atoms with van der Waals surface area (Å²) in [6.45, 7) is 0. The van der Waals surface area contributed by atoms with Gasteiger partial charge in [0.2, 0.25) is 0 Å². The van der Waals surface area contributed by atoms with Crippen molar-refractivity contribution in [2.45, 2.75) is 0 Å². The van der Waals surface area contributed by atoms with E-state index in [9.17, 15) is 4.39 Å². The second-order valence-electron chi connectivity index (χ2n) is 3.50. The minimum Gasteiger partial charge on any atom is -0.457 e. The quantitative estimate of drug-likeness (QED) is 0.805. The molecular weight excluding hydrogens is 231 g/mol. The van der Waals surface area contributed by atoms with Gasteiger partial charge in [-0.2, -0.15) is 10.5 Å². The van der Waals surface area contributed by atoms with Gasteiger partial charge < -0.3 is 4.74 Å². The lowest BCUT2D eigenvalue weighted by Crippen LogP contribution is -1.88. The number of rotatable bonds is 2. The maximum absolute atomic E-state index is 13.3. The third kappa shape index (κ3) is 2.45. The highest BCUT2D eigenvalue weighted by Crippen LogP contribution is 2.23. The van der Waals surface area contributed by atoms with E-state index in [2.05, 4.69) is 0 Å². The molecule has 0 aliphatic rings. The molecular formula is C14H7FN2O. The molecule has 0 saturated carbocycles. The van der Waals surface area contributed by atoms with Crippen LogP contribution >= 0.6 is 0 Å². The molecule has 86 valence electrons. The smallest absolute Gasteiger partial charge is 0.144 e. The van der Waals surface area contributed by atoms with Gasteiger partial charge in [-0.1, -0.05) is 6.07 Å². The van der Waals surface area contributed by atoms with Crippen LogP contribution in [0.2, 0.25) is 0 Å². The van der Waals surface area contributed by atoms with Crippen LogP contribution in [-0.4, -0.2) is 0 Å². The molecule has 0 aromatic heterocycles. The number of hydrogen-bond donors (Lipinski definition) is 0. The van der Waals surface area contributed by atoms with Gasteiger partial charge in [-0.25, -0.2) is 4.39 Å². The minimum atomic E-state index is -0.633. The summed E-state index contributed by atoms with van der Waals surface area (Å²) in [6.07, 6.45) is 0. The van der Waals surface area contributed by atoms with Crippen molar-refractivity contribution in [3.63, 3.8) is 0 Å². The average Bonchev–Trinajstić information content (AvgIpc) is 2.39. The summed E-state index contributed by atoms with van der Waals surface area (Å²) in [5.41, 5.74) is 0.426. The second kappa shape index (κ2) is 4.99. The largest absolute Gasteiger partial charge is 0.457 e. The van der Waals surface area contributed by atoms with Crippen LogP contribution in [0, 0.1) is 28.5 Å². The molecule has 2 aromatic carbocycles. The number of ether oxygens (including phenoxy) is 1. The maximum Gasteiger partial charge on any atom is 0.144 e. The highest BCUT2D eigenvalue weighted by Gasteiger charge is 2.04. The van der Waals surface area contributed by atoms with Gasteiger partial charge in [0.1, 0.15) is 23.4 Å². The van der Waals surface area contributed by atoms with Crippen molar-refractivity contribution in [3.05, 3.63) is 59.4 Å². The van der Waals surface area contributed by atoms with Crippen molar-refractivity contribution < 1.29 is 9.13 Å². The summed E-state index contributed by atoms with van der Waals surface area (Å²) in [4.78, 5) is 0. The van der Waals surface area contributed by atoms with Crippen LogP contribution < -0.4 is 4.74 Å². The van der Waals surface area contributed by atoms with Crippen molar-refractivity contribution in [1.29, 1.82) is 10.5 Å². The van der Waals surface area contributed by atoms with Gasteiger partial charge in [0.05, 0.1) is 17.2 Å². The highest BCUT2D eigenvalue weighted by molar-refractivity contribution is 5.41. The lowest BCUT2D eigenvalue weighted by Gasteiger charge is -2.06. The van der Waals surface area contributed by atoms with Gasteiger partial charge in [-0.3, -0.25) is 0 Å². The Morgan fingerprint density at radius 3 is 2.39 bits per heavy atom. The second-order valence-corrected chi connectivity index (χ2v) is 3.50. The maximum atomic E-state index is 13.3. The molecule has 0 aliphatic heterocycles. The van der Waals surface area contributed by atoms with E-state index in [1.54, 1.807) is 30.3 Å². The Hall–Kier alpha value is -2.85. The zero-order valence-electron chi connectivity index (χ0n) is 9.22. The average molecular weight is 238 g/mol. The first-order valence-corrected chi connectivity index (χ1v) is 5.10. The van der Waals surface area contributed by atoms with Gasteiger partial charge in [-0.05, 0) is 30.3 Å². The Bertz CT molecular complexity index is 668. The van der Waals surface area contributed by atoms with E-state index >= 15 is 0 Å². The molecule has 4 heteroatoms. The number of hydrogen-bond acceptors (Lipinski definition) is 3. The summed E-state index contributed by atoms with van der Waals surface area (Å²) in [5.74, 6) is 0.0891. The van der Waals surface area contributed by atoms with E-state index in [4.69, 9.17) is 15.3 Å². The van der Waals surface area contributed by atoms with E-state index < -0.39 is 5.82 Å². The molecule has 3 nitrogen and oxygen atoms in total. The van der Waals surface area contributed by atoms with E-state index in [-0.39, 0.29) is 11.3 Å². The molecule has 0 amide bonds. The Balaban J connectivity index is 2.27. The zero-order valence-corrected chi connectivity index (χ0v) is 9.22. The fourth-order valence-corrected chi connectivity index (χ4v) is 1.42. The molecule has 0 N–H and O–H groups in total. The molecule has 0 atom stereocenters. The molecule has 2 rings (SSSR count). The van der Waals surface area contributed by atoms with Crippen LogP contribution in [0.4, 0.5) is 4.39 Å². The van der Waals surface area contributed by atoms with E-state index in [0.717, 1.165) is 6.07 Å². The van der Waals surface area contributed by atoms with E-state index in [1.165, 1.54) is 12.1 Å². The summed E-state index contributed by atoms with van der Waals surface area (Å²) < 4.78 is 18.7. The molecule has 18 heavy (non-hydrogen) atoms. The summed E-state index contributed by atoms with van der Waals surface area (Å²) in [6, 6.07) is 14.2. The van der Waals surface area contributed by atoms with Crippen molar-refractivity contribution in [1.82, 2.24) is 0 Å². The van der Waals surface area contributed by atoms with Gasteiger partial charge in [-0.15, -0.1) is 0 Å². The summed E-state index contributed by atoms with van der Waals surface area (Å²) >= 11 is 0. The predicted molar refractivity (Wildman–Crippen MR) is 62.3 cm³/mol. The molecule has 0 heterocycles. The highest BCUT2D eigenvalue weighted by atomic mass is 19.1. The standard InChI is InChI=1S/C14H7FN2O/c15-14-7-13(5-4-11(14)9-17)18-12-3-1-2-10(6-12)8-16/h1-7H. The van der Waals surface area contributed by atoms with E-state index in [1.807, 2.05) is 6.07 Å². The third-order valence-corrected chi connectivity index (χ3v) is 2.26. The summed E-state index contributed by atoms with van der Waals surface area (Å²) in [5, 5.41) is 17.3. The molecule has 0 radical (unpaired) electrons. The van der Waals surface area contributed by atoms with Gasteiger partial charge in [0.15, 0.2) is 0 Å². The Morgan fingerprint density at radius 2 is 1.72 bits per heavy atom. The van der Waals surface area contributed by atoms with Crippen molar-refractivity contribution in [2.24, 2.45) is 0 Å². The Kier molecular flexibility index (Phi) is 3.22. The molecule has 0 unspecified atom stereocenters. The molecule has 0 saturated heterocycles. The monoisotopic (exact) mass is 238 g/mol. The molecule has 2 aromatic rings. The van der Waals surface area contributed by atoms with Crippen LogP contribution in [0.25, 0.3) is 0 Å². The van der Waals surface area contributed by atoms with Gasteiger partial charge in [0.25, 0.3) is 0 Å². The van der Waals surface area contributed by atoms with Crippen molar-refractivity contribution in [2.75, 3.05) is 0 Å². The fourth-order valence-electron chi connectivity index (χ4n) is 1.42. The molecule has 0 spiro atoms. The first-order valence-electron chi connectivity index (χ1n) is 5.10. The SMILES string of the molecule is N#Cc1cccc(Oc2ccc(C#N)c(F)c2)c1. The Labute approximate surface area is 103 Å². The van der Waals surface area contributed by atoms with Crippen LogP contribution in [0.5, 0.6) is 11.5 Å². The van der Waals surface area contributed by atoms with Crippen LogP contribution in [0.1, 0.15) is 11.1 Å². The number of nitriles is 2. The molecule has 0 aliphatic carbocycles. The normalized spacial score (nSPS) is 9.28. The number of benzene rings is 2. The minimum absolute atomic E-state index is 0.0341. The first-order chi connectivity index (χ1) is 8.72. The van der Waals surface area contributed by atoms with Gasteiger partial charge in [0, 0.05) is 6.07 Å². The topological polar surface area (TPSA) is 56.8 Å². The lowest BCUT2D eigenvalue weighted by atomic mass is 10.2. The molecule has 0 bridgehead atoms.